The Morgan fingerprint density at radius 3 is 2.93 bits per heavy atom. The fourth-order valence-corrected chi connectivity index (χ4v) is 1.45. The molecule has 1 amide bonds. The molecule has 0 aromatic heterocycles. The lowest BCUT2D eigenvalue weighted by molar-refractivity contribution is -0.117. The van der Waals surface area contributed by atoms with Gasteiger partial charge in [-0.3, -0.25) is 4.79 Å². The second-order valence-corrected chi connectivity index (χ2v) is 3.77. The molecule has 1 aromatic carbocycles. The Bertz CT molecular complexity index is 357. The summed E-state index contributed by atoms with van der Waals surface area (Å²) in [6, 6.07) is 4.09. The van der Waals surface area contributed by atoms with Gasteiger partial charge in [0.2, 0.25) is 5.91 Å². The SMILES string of the molecule is COCCC(=O)Nc1ccc(F)cc1Br. The molecule has 82 valence electrons. The normalized spacial score (nSPS) is 10.1. The number of amides is 1. The average molecular weight is 276 g/mol. The molecular weight excluding hydrogens is 265 g/mol. The molecule has 0 heterocycles. The van der Waals surface area contributed by atoms with Crippen molar-refractivity contribution in [3.8, 4) is 0 Å². The molecule has 1 rings (SSSR count). The maximum absolute atomic E-state index is 12.7. The van der Waals surface area contributed by atoms with Crippen molar-refractivity contribution in [2.24, 2.45) is 0 Å². The highest BCUT2D eigenvalue weighted by molar-refractivity contribution is 9.10. The molecule has 0 atom stereocenters. The van der Waals surface area contributed by atoms with Gasteiger partial charge < -0.3 is 10.1 Å². The van der Waals surface area contributed by atoms with Gasteiger partial charge in [0.15, 0.2) is 0 Å². The van der Waals surface area contributed by atoms with Gasteiger partial charge in [-0.15, -0.1) is 0 Å². The predicted molar refractivity (Wildman–Crippen MR) is 59.2 cm³/mol. The molecule has 1 aromatic rings. The van der Waals surface area contributed by atoms with Gasteiger partial charge in [0, 0.05) is 11.6 Å². The van der Waals surface area contributed by atoms with Crippen molar-refractivity contribution in [2.45, 2.75) is 6.42 Å². The van der Waals surface area contributed by atoms with Gasteiger partial charge in [-0.2, -0.15) is 0 Å². The average Bonchev–Trinajstić information content (AvgIpc) is 2.19. The van der Waals surface area contributed by atoms with Crippen LogP contribution < -0.4 is 5.32 Å². The van der Waals surface area contributed by atoms with Crippen LogP contribution in [0.2, 0.25) is 0 Å². The van der Waals surface area contributed by atoms with Crippen LogP contribution in [0.15, 0.2) is 22.7 Å². The summed E-state index contributed by atoms with van der Waals surface area (Å²) in [6.45, 7) is 0.366. The highest BCUT2D eigenvalue weighted by atomic mass is 79.9. The molecule has 3 nitrogen and oxygen atoms in total. The first-order chi connectivity index (χ1) is 7.13. The number of halogens is 2. The number of carbonyl (C=O) groups is 1. The lowest BCUT2D eigenvalue weighted by atomic mass is 10.3. The monoisotopic (exact) mass is 275 g/mol. The Balaban J connectivity index is 2.60. The summed E-state index contributed by atoms with van der Waals surface area (Å²) in [7, 11) is 1.53. The van der Waals surface area contributed by atoms with Crippen molar-refractivity contribution in [2.75, 3.05) is 19.0 Å². The van der Waals surface area contributed by atoms with Gasteiger partial charge in [0.1, 0.15) is 5.82 Å². The van der Waals surface area contributed by atoms with Crippen LogP contribution in [0.5, 0.6) is 0 Å². The molecule has 0 aliphatic rings. The van der Waals surface area contributed by atoms with Crippen LogP contribution in [0.4, 0.5) is 10.1 Å². The number of benzene rings is 1. The van der Waals surface area contributed by atoms with Crippen LogP contribution in [0, 0.1) is 5.82 Å². The Morgan fingerprint density at radius 1 is 1.60 bits per heavy atom. The Morgan fingerprint density at radius 2 is 2.33 bits per heavy atom. The van der Waals surface area contributed by atoms with E-state index >= 15 is 0 Å². The van der Waals surface area contributed by atoms with Gasteiger partial charge in [0.05, 0.1) is 18.7 Å². The minimum absolute atomic E-state index is 0.163. The maximum Gasteiger partial charge on any atom is 0.226 e. The maximum atomic E-state index is 12.7. The molecule has 0 aliphatic carbocycles. The van der Waals surface area contributed by atoms with Crippen molar-refractivity contribution in [3.63, 3.8) is 0 Å². The van der Waals surface area contributed by atoms with E-state index in [0.29, 0.717) is 16.8 Å². The molecular formula is C10H11BrFNO2. The quantitative estimate of drug-likeness (QED) is 0.917. The molecule has 0 saturated carbocycles. The summed E-state index contributed by atoms with van der Waals surface area (Å²) < 4.78 is 18.0. The van der Waals surface area contributed by atoms with Crippen molar-refractivity contribution >= 4 is 27.5 Å². The zero-order valence-corrected chi connectivity index (χ0v) is 9.80. The Hall–Kier alpha value is -0.940. The summed E-state index contributed by atoms with van der Waals surface area (Å²) >= 11 is 3.16. The standard InChI is InChI=1S/C10H11BrFNO2/c1-15-5-4-10(14)13-9-3-2-7(12)6-8(9)11/h2-3,6H,4-5H2,1H3,(H,13,14). The first-order valence-corrected chi connectivity index (χ1v) is 5.16. The number of carbonyl (C=O) groups excluding carboxylic acids is 1. The smallest absolute Gasteiger partial charge is 0.226 e. The third kappa shape index (κ3) is 3.97. The lowest BCUT2D eigenvalue weighted by Crippen LogP contribution is -2.13. The van der Waals surface area contributed by atoms with Gasteiger partial charge in [-0.25, -0.2) is 4.39 Å². The second kappa shape index (κ2) is 5.82. The largest absolute Gasteiger partial charge is 0.384 e. The number of nitrogens with one attached hydrogen (secondary N) is 1. The third-order valence-corrected chi connectivity index (χ3v) is 2.39. The summed E-state index contributed by atoms with van der Waals surface area (Å²) in [5, 5.41) is 2.64. The second-order valence-electron chi connectivity index (χ2n) is 2.92. The van der Waals surface area contributed by atoms with Gasteiger partial charge in [0.25, 0.3) is 0 Å². The van der Waals surface area contributed by atoms with Crippen LogP contribution in [0.1, 0.15) is 6.42 Å². The van der Waals surface area contributed by atoms with E-state index in [0.717, 1.165) is 0 Å². The first kappa shape index (κ1) is 12.1. The summed E-state index contributed by atoms with van der Waals surface area (Å²) in [4.78, 5) is 11.3. The summed E-state index contributed by atoms with van der Waals surface area (Å²) in [5.74, 6) is -0.513. The zero-order valence-electron chi connectivity index (χ0n) is 8.22. The molecule has 5 heteroatoms. The van der Waals surface area contributed by atoms with Gasteiger partial charge >= 0.3 is 0 Å². The number of methoxy groups -OCH3 is 1. The predicted octanol–water partition coefficient (Wildman–Crippen LogP) is 2.56. The lowest BCUT2D eigenvalue weighted by Gasteiger charge is -2.06. The number of ether oxygens (including phenoxy) is 1. The highest BCUT2D eigenvalue weighted by Crippen LogP contribution is 2.22. The van der Waals surface area contributed by atoms with Crippen LogP contribution >= 0.6 is 15.9 Å². The molecule has 15 heavy (non-hydrogen) atoms. The highest BCUT2D eigenvalue weighted by Gasteiger charge is 2.05. The van der Waals surface area contributed by atoms with Crippen LogP contribution in [-0.4, -0.2) is 19.6 Å². The van der Waals surface area contributed by atoms with Crippen molar-refractivity contribution < 1.29 is 13.9 Å². The number of hydrogen-bond donors (Lipinski definition) is 1. The Kier molecular flexibility index (Phi) is 4.71. The molecule has 0 spiro atoms. The van der Waals surface area contributed by atoms with Gasteiger partial charge in [-0.05, 0) is 34.1 Å². The van der Waals surface area contributed by atoms with E-state index in [1.807, 2.05) is 0 Å². The fraction of sp³-hybridized carbons (Fsp3) is 0.300. The molecule has 1 N–H and O–H groups in total. The summed E-state index contributed by atoms with van der Waals surface area (Å²) in [6.07, 6.45) is 0.278. The molecule has 0 saturated heterocycles. The zero-order chi connectivity index (χ0) is 11.3. The van der Waals surface area contributed by atoms with E-state index in [9.17, 15) is 9.18 Å². The van der Waals surface area contributed by atoms with E-state index < -0.39 is 0 Å². The Labute approximate surface area is 95.7 Å². The molecule has 0 unspecified atom stereocenters. The van der Waals surface area contributed by atoms with Crippen LogP contribution in [-0.2, 0) is 9.53 Å². The molecule has 0 aliphatic heterocycles. The van der Waals surface area contributed by atoms with Crippen molar-refractivity contribution in [1.29, 1.82) is 0 Å². The van der Waals surface area contributed by atoms with E-state index in [1.165, 1.54) is 25.3 Å². The van der Waals surface area contributed by atoms with E-state index in [1.54, 1.807) is 0 Å². The molecule has 0 bridgehead atoms. The molecule has 0 fully saturated rings. The fourth-order valence-electron chi connectivity index (χ4n) is 0.998. The minimum atomic E-state index is -0.350. The number of rotatable bonds is 4. The third-order valence-electron chi connectivity index (χ3n) is 1.74. The van der Waals surface area contributed by atoms with Gasteiger partial charge in [-0.1, -0.05) is 0 Å². The van der Waals surface area contributed by atoms with Crippen LogP contribution in [0.3, 0.4) is 0 Å². The minimum Gasteiger partial charge on any atom is -0.384 e. The van der Waals surface area contributed by atoms with E-state index in [4.69, 9.17) is 4.74 Å². The topological polar surface area (TPSA) is 38.3 Å². The van der Waals surface area contributed by atoms with E-state index in [-0.39, 0.29) is 18.1 Å². The number of anilines is 1. The van der Waals surface area contributed by atoms with E-state index in [2.05, 4.69) is 21.2 Å². The first-order valence-electron chi connectivity index (χ1n) is 4.37. The van der Waals surface area contributed by atoms with Crippen LogP contribution in [0.25, 0.3) is 0 Å². The van der Waals surface area contributed by atoms with Crippen molar-refractivity contribution in [3.05, 3.63) is 28.5 Å². The number of hydrogen-bond acceptors (Lipinski definition) is 2. The molecule has 0 radical (unpaired) electrons. The summed E-state index contributed by atoms with van der Waals surface area (Å²) in [5.41, 5.74) is 0.553. The van der Waals surface area contributed by atoms with Crippen molar-refractivity contribution in [1.82, 2.24) is 0 Å².